The predicted molar refractivity (Wildman–Crippen MR) is 106 cm³/mol. The molecule has 0 spiro atoms. The van der Waals surface area contributed by atoms with Crippen molar-refractivity contribution in [3.05, 3.63) is 63.7 Å². The Bertz CT molecular complexity index is 1060. The van der Waals surface area contributed by atoms with Crippen molar-refractivity contribution in [2.45, 2.75) is 18.5 Å². The summed E-state index contributed by atoms with van der Waals surface area (Å²) in [6.45, 7) is 1.94. The summed E-state index contributed by atoms with van der Waals surface area (Å²) < 4.78 is 1.97. The molecule has 3 aromatic heterocycles. The molecule has 1 aromatic carbocycles. The first-order valence-corrected chi connectivity index (χ1v) is 10.1. The van der Waals surface area contributed by atoms with Crippen LogP contribution in [-0.4, -0.2) is 31.3 Å². The molecule has 132 valence electrons. The van der Waals surface area contributed by atoms with E-state index in [1.165, 1.54) is 16.6 Å². The minimum absolute atomic E-state index is 0.104. The van der Waals surface area contributed by atoms with Gasteiger partial charge in [-0.2, -0.15) is 0 Å². The maximum Gasteiger partial charge on any atom is 0.191 e. The molecule has 0 saturated carbocycles. The van der Waals surface area contributed by atoms with Crippen molar-refractivity contribution in [3.63, 3.8) is 0 Å². The molecule has 4 rings (SSSR count). The number of para-hydroxylation sites is 1. The Morgan fingerprint density at radius 1 is 1.23 bits per heavy atom. The maximum absolute atomic E-state index is 12.8. The molecule has 0 aliphatic heterocycles. The van der Waals surface area contributed by atoms with Crippen LogP contribution >= 0.6 is 23.1 Å². The van der Waals surface area contributed by atoms with Crippen molar-refractivity contribution in [1.82, 2.24) is 19.7 Å². The Balaban J connectivity index is 1.49. The summed E-state index contributed by atoms with van der Waals surface area (Å²) in [6.07, 6.45) is 0.761. The van der Waals surface area contributed by atoms with Gasteiger partial charge in [-0.05, 0) is 24.4 Å². The van der Waals surface area contributed by atoms with Crippen LogP contribution in [0.2, 0.25) is 0 Å². The summed E-state index contributed by atoms with van der Waals surface area (Å²) in [7, 11) is 1.95. The Kier molecular flexibility index (Phi) is 4.65. The lowest BCUT2D eigenvalue weighted by molar-refractivity contribution is 0.102. The number of H-pyrrole nitrogens is 1. The monoisotopic (exact) mass is 382 g/mol. The van der Waals surface area contributed by atoms with Gasteiger partial charge in [-0.25, -0.2) is 0 Å². The van der Waals surface area contributed by atoms with Crippen LogP contribution in [0.15, 0.2) is 46.9 Å². The number of ketones is 1. The summed E-state index contributed by atoms with van der Waals surface area (Å²) in [6, 6.07) is 12.0. The second kappa shape index (κ2) is 7.09. The van der Waals surface area contributed by atoms with Gasteiger partial charge in [0.15, 0.2) is 10.9 Å². The van der Waals surface area contributed by atoms with Crippen LogP contribution in [0.1, 0.15) is 26.8 Å². The summed E-state index contributed by atoms with van der Waals surface area (Å²) in [5.41, 5.74) is 2.68. The van der Waals surface area contributed by atoms with Gasteiger partial charge in [-0.3, -0.25) is 4.79 Å². The molecule has 0 amide bonds. The number of rotatable bonds is 6. The lowest BCUT2D eigenvalue weighted by Crippen LogP contribution is -2.05. The van der Waals surface area contributed by atoms with E-state index in [9.17, 15) is 4.79 Å². The van der Waals surface area contributed by atoms with Gasteiger partial charge in [0.25, 0.3) is 0 Å². The fraction of sp³-hybridized carbons (Fsp3) is 0.211. The number of hydrogen-bond acceptors (Lipinski definition) is 5. The van der Waals surface area contributed by atoms with Crippen molar-refractivity contribution >= 4 is 39.8 Å². The summed E-state index contributed by atoms with van der Waals surface area (Å²) in [4.78, 5) is 17.3. The zero-order valence-corrected chi connectivity index (χ0v) is 16.2. The quantitative estimate of drug-likeness (QED) is 0.400. The molecule has 0 aliphatic rings. The van der Waals surface area contributed by atoms with E-state index in [1.54, 1.807) is 11.3 Å². The number of aromatic nitrogens is 4. The van der Waals surface area contributed by atoms with Gasteiger partial charge >= 0.3 is 0 Å². The molecule has 1 N–H and O–H groups in total. The Labute approximate surface area is 159 Å². The van der Waals surface area contributed by atoms with Crippen molar-refractivity contribution in [3.8, 4) is 0 Å². The lowest BCUT2D eigenvalue weighted by Gasteiger charge is -2.03. The average molecular weight is 383 g/mol. The molecule has 0 radical (unpaired) electrons. The fourth-order valence-electron chi connectivity index (χ4n) is 3.03. The topological polar surface area (TPSA) is 63.6 Å². The fourth-order valence-corrected chi connectivity index (χ4v) is 4.54. The number of Topliss-reactive ketones (excluding diaryl/α,β-unsaturated/α-hetero) is 1. The third-order valence-electron chi connectivity index (χ3n) is 4.34. The maximum atomic E-state index is 12.8. The molecule has 0 fully saturated rings. The number of benzene rings is 1. The molecular formula is C19H18N4OS2. The highest BCUT2D eigenvalue weighted by Gasteiger charge is 2.18. The van der Waals surface area contributed by atoms with Gasteiger partial charge in [0, 0.05) is 40.5 Å². The minimum atomic E-state index is 0.104. The SMILES string of the molecule is Cc1[nH]c2ccccc2c1C(=O)CSc1nnc(Cc2cccs2)n1C. The second-order valence-corrected chi connectivity index (χ2v) is 8.07. The molecule has 7 heteroatoms. The number of thiophene rings is 1. The average Bonchev–Trinajstić information content (AvgIpc) is 3.33. The zero-order valence-electron chi connectivity index (χ0n) is 14.5. The number of hydrogen-bond donors (Lipinski definition) is 1. The van der Waals surface area contributed by atoms with Gasteiger partial charge in [0.05, 0.1) is 5.75 Å². The van der Waals surface area contributed by atoms with Crippen molar-refractivity contribution in [2.24, 2.45) is 7.05 Å². The Morgan fingerprint density at radius 3 is 2.88 bits per heavy atom. The summed E-state index contributed by atoms with van der Waals surface area (Å²) >= 11 is 3.14. The number of carbonyl (C=O) groups is 1. The first-order valence-electron chi connectivity index (χ1n) is 8.27. The van der Waals surface area contributed by atoms with Crippen LogP contribution in [0, 0.1) is 6.92 Å². The largest absolute Gasteiger partial charge is 0.358 e. The number of aryl methyl sites for hydroxylation is 1. The van der Waals surface area contributed by atoms with E-state index < -0.39 is 0 Å². The van der Waals surface area contributed by atoms with Gasteiger partial charge in [-0.1, -0.05) is 36.0 Å². The number of aromatic amines is 1. The van der Waals surface area contributed by atoms with E-state index in [4.69, 9.17) is 0 Å². The van der Waals surface area contributed by atoms with E-state index in [-0.39, 0.29) is 5.78 Å². The van der Waals surface area contributed by atoms with Crippen molar-refractivity contribution < 1.29 is 4.79 Å². The van der Waals surface area contributed by atoms with E-state index in [0.29, 0.717) is 5.75 Å². The normalized spacial score (nSPS) is 11.3. The van der Waals surface area contributed by atoms with Gasteiger partial charge in [0.1, 0.15) is 5.82 Å². The lowest BCUT2D eigenvalue weighted by atomic mass is 10.1. The molecule has 0 saturated heterocycles. The number of thioether (sulfide) groups is 1. The van der Waals surface area contributed by atoms with Crippen molar-refractivity contribution in [1.29, 1.82) is 0 Å². The Morgan fingerprint density at radius 2 is 2.08 bits per heavy atom. The highest BCUT2D eigenvalue weighted by Crippen LogP contribution is 2.25. The first-order chi connectivity index (χ1) is 12.6. The van der Waals surface area contributed by atoms with Gasteiger partial charge in [0.2, 0.25) is 0 Å². The summed E-state index contributed by atoms with van der Waals surface area (Å²) in [5.74, 6) is 1.35. The van der Waals surface area contributed by atoms with Crippen LogP contribution in [0.3, 0.4) is 0 Å². The van der Waals surface area contributed by atoms with Crippen molar-refractivity contribution in [2.75, 3.05) is 5.75 Å². The van der Waals surface area contributed by atoms with Crippen LogP contribution in [-0.2, 0) is 13.5 Å². The minimum Gasteiger partial charge on any atom is -0.358 e. The van der Waals surface area contributed by atoms with Crippen LogP contribution in [0.25, 0.3) is 10.9 Å². The molecular weight excluding hydrogens is 364 g/mol. The molecule has 0 aliphatic carbocycles. The highest BCUT2D eigenvalue weighted by atomic mass is 32.2. The molecule has 26 heavy (non-hydrogen) atoms. The van der Waals surface area contributed by atoms with E-state index in [0.717, 1.165) is 39.6 Å². The number of nitrogens with one attached hydrogen (secondary N) is 1. The molecule has 0 atom stereocenters. The molecule has 3 heterocycles. The summed E-state index contributed by atoms with van der Waals surface area (Å²) in [5, 5.41) is 12.3. The van der Waals surface area contributed by atoms with E-state index in [2.05, 4.69) is 26.6 Å². The number of fused-ring (bicyclic) bond motifs is 1. The molecule has 4 aromatic rings. The van der Waals surface area contributed by atoms with Crippen LogP contribution in [0.5, 0.6) is 0 Å². The molecule has 0 bridgehead atoms. The first kappa shape index (κ1) is 17.1. The van der Waals surface area contributed by atoms with Crippen LogP contribution < -0.4 is 0 Å². The number of nitrogens with zero attached hydrogens (tertiary/aromatic N) is 3. The number of carbonyl (C=O) groups excluding carboxylic acids is 1. The van der Waals surface area contributed by atoms with Gasteiger partial charge < -0.3 is 9.55 Å². The molecule has 0 unspecified atom stereocenters. The predicted octanol–water partition coefficient (Wildman–Crippen LogP) is 4.23. The van der Waals surface area contributed by atoms with Crippen LogP contribution in [0.4, 0.5) is 0 Å². The van der Waals surface area contributed by atoms with E-state index in [1.807, 2.05) is 48.9 Å². The molecule has 5 nitrogen and oxygen atoms in total. The Hall–Kier alpha value is -2.38. The second-order valence-electron chi connectivity index (χ2n) is 6.10. The van der Waals surface area contributed by atoms with Gasteiger partial charge in [-0.15, -0.1) is 21.5 Å². The third-order valence-corrected chi connectivity index (χ3v) is 6.24. The smallest absolute Gasteiger partial charge is 0.191 e. The van der Waals surface area contributed by atoms with E-state index >= 15 is 0 Å². The standard InChI is InChI=1S/C19H18N4OS2/c1-12-18(14-7-3-4-8-15(14)20-12)16(24)11-26-19-22-21-17(23(19)2)10-13-6-5-9-25-13/h3-9,20H,10-11H2,1-2H3. The highest BCUT2D eigenvalue weighted by molar-refractivity contribution is 7.99. The third kappa shape index (κ3) is 3.20. The zero-order chi connectivity index (χ0) is 18.1.